The summed E-state index contributed by atoms with van der Waals surface area (Å²) in [6, 6.07) is 5.43. The fraction of sp³-hybridized carbons (Fsp3) is 0.267. The molecule has 0 aliphatic carbocycles. The van der Waals surface area contributed by atoms with Crippen molar-refractivity contribution in [1.82, 2.24) is 9.97 Å². The topological polar surface area (TPSA) is 118 Å². The number of anilines is 3. The van der Waals surface area contributed by atoms with Crippen molar-refractivity contribution in [1.29, 1.82) is 0 Å². The summed E-state index contributed by atoms with van der Waals surface area (Å²) in [6.45, 7) is 0.344. The highest BCUT2D eigenvalue weighted by molar-refractivity contribution is 6.01. The van der Waals surface area contributed by atoms with Gasteiger partial charge >= 0.3 is 5.69 Å². The van der Waals surface area contributed by atoms with Gasteiger partial charge in [0.15, 0.2) is 0 Å². The summed E-state index contributed by atoms with van der Waals surface area (Å²) in [4.78, 5) is 33.4. The number of rotatable bonds is 4. The Bertz CT molecular complexity index is 846. The van der Waals surface area contributed by atoms with Crippen LogP contribution in [0.2, 0.25) is 0 Å². The van der Waals surface area contributed by atoms with Crippen LogP contribution in [-0.4, -0.2) is 40.4 Å². The third-order valence-electron chi connectivity index (χ3n) is 4.09. The summed E-state index contributed by atoms with van der Waals surface area (Å²) in [5, 5.41) is 10.8. The molecule has 1 unspecified atom stereocenters. The van der Waals surface area contributed by atoms with E-state index in [2.05, 4.69) is 9.97 Å². The number of aromatic nitrogens is 2. The fourth-order valence-electron chi connectivity index (χ4n) is 2.76. The molecular formula is C15H15FN6O3. The van der Waals surface area contributed by atoms with Gasteiger partial charge in [-0.3, -0.25) is 14.9 Å². The normalized spacial score (nSPS) is 17.0. The zero-order chi connectivity index (χ0) is 18.1. The lowest BCUT2D eigenvalue weighted by Gasteiger charge is -2.24. The summed E-state index contributed by atoms with van der Waals surface area (Å²) in [5.74, 6) is -0.960. The molecule has 1 aliphatic heterocycles. The third kappa shape index (κ3) is 2.93. The van der Waals surface area contributed by atoms with E-state index in [0.29, 0.717) is 13.0 Å². The van der Waals surface area contributed by atoms with Gasteiger partial charge in [0, 0.05) is 13.6 Å². The van der Waals surface area contributed by atoms with Gasteiger partial charge in [-0.05, 0) is 18.6 Å². The predicted molar refractivity (Wildman–Crippen MR) is 88.7 cm³/mol. The molecule has 2 heterocycles. The molecular weight excluding hydrogens is 331 g/mol. The molecule has 0 bridgehead atoms. The number of hydrogen-bond acceptors (Lipinski definition) is 7. The first-order valence-electron chi connectivity index (χ1n) is 7.45. The second kappa shape index (κ2) is 6.30. The van der Waals surface area contributed by atoms with Crippen LogP contribution < -0.4 is 15.5 Å². The van der Waals surface area contributed by atoms with Crippen molar-refractivity contribution in [2.45, 2.75) is 12.5 Å². The summed E-state index contributed by atoms with van der Waals surface area (Å²) in [6.07, 6.45) is 1.44. The maximum atomic E-state index is 13.9. The molecule has 0 spiro atoms. The number of nitrogen functional groups attached to an aromatic ring is 1. The van der Waals surface area contributed by atoms with Crippen LogP contribution in [0.1, 0.15) is 6.42 Å². The van der Waals surface area contributed by atoms with Crippen LogP contribution in [0.4, 0.5) is 27.5 Å². The van der Waals surface area contributed by atoms with Crippen molar-refractivity contribution >= 4 is 29.0 Å². The van der Waals surface area contributed by atoms with Gasteiger partial charge in [-0.25, -0.2) is 9.37 Å². The number of hydrogen-bond donors (Lipinski definition) is 1. The van der Waals surface area contributed by atoms with Crippen LogP contribution in [0.15, 0.2) is 30.5 Å². The van der Waals surface area contributed by atoms with Gasteiger partial charge in [0.1, 0.15) is 18.1 Å². The SMILES string of the molecule is CN(c1ncc([N+](=O)[O-])c(N)n1)C1CCN(c2ccccc2F)C1=O. The Morgan fingerprint density at radius 2 is 2.16 bits per heavy atom. The van der Waals surface area contributed by atoms with Gasteiger partial charge in [0.05, 0.1) is 10.6 Å². The lowest BCUT2D eigenvalue weighted by molar-refractivity contribution is -0.384. The van der Waals surface area contributed by atoms with E-state index in [1.54, 1.807) is 19.2 Å². The first-order chi connectivity index (χ1) is 11.9. The Morgan fingerprint density at radius 3 is 2.80 bits per heavy atom. The van der Waals surface area contributed by atoms with Crippen molar-refractivity contribution < 1.29 is 14.1 Å². The molecule has 1 saturated heterocycles. The third-order valence-corrected chi connectivity index (χ3v) is 4.09. The Labute approximate surface area is 142 Å². The second-order valence-electron chi connectivity index (χ2n) is 5.55. The minimum Gasteiger partial charge on any atom is -0.378 e. The average Bonchev–Trinajstić information content (AvgIpc) is 2.95. The smallest absolute Gasteiger partial charge is 0.329 e. The summed E-state index contributed by atoms with van der Waals surface area (Å²) < 4.78 is 13.9. The van der Waals surface area contributed by atoms with Crippen molar-refractivity contribution in [2.24, 2.45) is 0 Å². The number of nitrogens with zero attached hydrogens (tertiary/aromatic N) is 5. The number of carbonyl (C=O) groups excluding carboxylic acids is 1. The lowest BCUT2D eigenvalue weighted by Crippen LogP contribution is -2.40. The Morgan fingerprint density at radius 1 is 1.44 bits per heavy atom. The molecule has 1 aliphatic rings. The standard InChI is InChI=1S/C15H15FN6O3/c1-20(15-18-8-12(22(24)25)13(17)19-15)11-6-7-21(14(11)23)10-5-3-2-4-9(10)16/h2-5,8,11H,6-7H2,1H3,(H2,17,18,19). The quantitative estimate of drug-likeness (QED) is 0.655. The number of para-hydroxylation sites is 1. The molecule has 2 N–H and O–H groups in total. The molecule has 9 nitrogen and oxygen atoms in total. The molecule has 1 aromatic carbocycles. The highest BCUT2D eigenvalue weighted by Crippen LogP contribution is 2.28. The van der Waals surface area contributed by atoms with Gasteiger partial charge in [0.25, 0.3) is 0 Å². The molecule has 10 heteroatoms. The first-order valence-corrected chi connectivity index (χ1v) is 7.45. The number of nitro groups is 1. The van der Waals surface area contributed by atoms with E-state index in [-0.39, 0.29) is 23.4 Å². The van der Waals surface area contributed by atoms with Crippen LogP contribution in [0, 0.1) is 15.9 Å². The summed E-state index contributed by atoms with van der Waals surface area (Å²) >= 11 is 0. The molecule has 1 aromatic heterocycles. The van der Waals surface area contributed by atoms with Crippen LogP contribution in [0.5, 0.6) is 0 Å². The van der Waals surface area contributed by atoms with Crippen LogP contribution >= 0.6 is 0 Å². The number of carbonyl (C=O) groups is 1. The second-order valence-corrected chi connectivity index (χ2v) is 5.55. The Kier molecular flexibility index (Phi) is 4.17. The molecule has 2 aromatic rings. The molecule has 0 radical (unpaired) electrons. The van der Waals surface area contributed by atoms with Crippen molar-refractivity contribution in [3.63, 3.8) is 0 Å². The minimum absolute atomic E-state index is 0.0943. The van der Waals surface area contributed by atoms with E-state index >= 15 is 0 Å². The van der Waals surface area contributed by atoms with E-state index in [4.69, 9.17) is 5.73 Å². The van der Waals surface area contributed by atoms with Gasteiger partial charge in [-0.15, -0.1) is 0 Å². The van der Waals surface area contributed by atoms with Crippen LogP contribution in [0.3, 0.4) is 0 Å². The lowest BCUT2D eigenvalue weighted by atomic mass is 10.2. The highest BCUT2D eigenvalue weighted by atomic mass is 19.1. The number of likely N-dealkylation sites (N-methyl/N-ethyl adjacent to an activating group) is 1. The zero-order valence-corrected chi connectivity index (χ0v) is 13.3. The zero-order valence-electron chi connectivity index (χ0n) is 13.3. The van der Waals surface area contributed by atoms with E-state index < -0.39 is 22.5 Å². The predicted octanol–water partition coefficient (Wildman–Crippen LogP) is 1.35. The maximum Gasteiger partial charge on any atom is 0.329 e. The maximum absolute atomic E-state index is 13.9. The molecule has 130 valence electrons. The minimum atomic E-state index is -0.681. The van der Waals surface area contributed by atoms with Gasteiger partial charge in [-0.2, -0.15) is 4.98 Å². The average molecular weight is 346 g/mol. The number of amides is 1. The van der Waals surface area contributed by atoms with Gasteiger partial charge < -0.3 is 15.5 Å². The summed E-state index contributed by atoms with van der Waals surface area (Å²) in [7, 11) is 1.59. The van der Waals surface area contributed by atoms with Crippen molar-refractivity contribution in [2.75, 3.05) is 29.1 Å². The molecule has 1 amide bonds. The van der Waals surface area contributed by atoms with Gasteiger partial charge in [-0.1, -0.05) is 12.1 Å². The van der Waals surface area contributed by atoms with Crippen molar-refractivity contribution in [3.8, 4) is 0 Å². The van der Waals surface area contributed by atoms with E-state index in [1.165, 1.54) is 21.9 Å². The van der Waals surface area contributed by atoms with Crippen LogP contribution in [0.25, 0.3) is 0 Å². The molecule has 1 fully saturated rings. The molecule has 1 atom stereocenters. The fourth-order valence-corrected chi connectivity index (χ4v) is 2.76. The van der Waals surface area contributed by atoms with Gasteiger partial charge in [0.2, 0.25) is 17.7 Å². The Hall–Kier alpha value is -3.30. The highest BCUT2D eigenvalue weighted by Gasteiger charge is 2.37. The van der Waals surface area contributed by atoms with E-state index in [9.17, 15) is 19.3 Å². The largest absolute Gasteiger partial charge is 0.378 e. The number of benzene rings is 1. The molecule has 0 saturated carbocycles. The van der Waals surface area contributed by atoms with Crippen molar-refractivity contribution in [3.05, 3.63) is 46.4 Å². The number of nitrogens with two attached hydrogens (primary N) is 1. The van der Waals surface area contributed by atoms with E-state index in [1.807, 2.05) is 0 Å². The monoisotopic (exact) mass is 346 g/mol. The number of halogens is 1. The Balaban J connectivity index is 1.83. The molecule has 25 heavy (non-hydrogen) atoms. The molecule has 3 rings (SSSR count). The first kappa shape index (κ1) is 16.6. The summed E-state index contributed by atoms with van der Waals surface area (Å²) in [5.41, 5.74) is 5.38. The van der Waals surface area contributed by atoms with Crippen LogP contribution in [-0.2, 0) is 4.79 Å². The van der Waals surface area contributed by atoms with E-state index in [0.717, 1.165) is 6.20 Å².